The van der Waals surface area contributed by atoms with Gasteiger partial charge in [0.2, 0.25) is 0 Å². The minimum atomic E-state index is -0.828. The molecule has 1 atom stereocenters. The van der Waals surface area contributed by atoms with Crippen LogP contribution in [-0.2, 0) is 16.0 Å². The van der Waals surface area contributed by atoms with E-state index in [9.17, 15) is 4.79 Å². The second-order valence-electron chi connectivity index (χ2n) is 4.64. The molecule has 1 rings (SSSR count). The van der Waals surface area contributed by atoms with Crippen molar-refractivity contribution >= 4 is 5.97 Å². The third kappa shape index (κ3) is 6.01. The second kappa shape index (κ2) is 9.20. The van der Waals surface area contributed by atoms with Crippen molar-refractivity contribution in [1.82, 2.24) is 5.32 Å². The molecule has 0 amide bonds. The second-order valence-corrected chi connectivity index (χ2v) is 4.64. The number of carbonyl (C=O) groups is 1. The Morgan fingerprint density at radius 3 is 2.52 bits per heavy atom. The van der Waals surface area contributed by atoms with Crippen molar-refractivity contribution in [1.29, 1.82) is 0 Å². The molecule has 0 radical (unpaired) electrons. The van der Waals surface area contributed by atoms with Gasteiger partial charge in [0.25, 0.3) is 0 Å². The molecule has 0 aliphatic rings. The third-order valence-electron chi connectivity index (χ3n) is 3.09. The molecular formula is C15H23NO5. The molecule has 0 aliphatic heterocycles. The van der Waals surface area contributed by atoms with Crippen LogP contribution in [-0.4, -0.2) is 51.6 Å². The van der Waals surface area contributed by atoms with Crippen molar-refractivity contribution in [3.63, 3.8) is 0 Å². The van der Waals surface area contributed by atoms with E-state index in [2.05, 4.69) is 5.32 Å². The van der Waals surface area contributed by atoms with Crippen LogP contribution in [0.5, 0.6) is 11.5 Å². The van der Waals surface area contributed by atoms with E-state index in [0.717, 1.165) is 5.56 Å². The molecule has 6 heteroatoms. The maximum Gasteiger partial charge on any atom is 0.304 e. The summed E-state index contributed by atoms with van der Waals surface area (Å²) < 4.78 is 15.4. The number of hydrogen-bond donors (Lipinski definition) is 2. The molecule has 0 heterocycles. The zero-order valence-corrected chi connectivity index (χ0v) is 12.7. The molecule has 1 aromatic rings. The van der Waals surface area contributed by atoms with Gasteiger partial charge in [-0.15, -0.1) is 0 Å². The molecule has 0 fully saturated rings. The highest BCUT2D eigenvalue weighted by atomic mass is 16.5. The Kier molecular flexibility index (Phi) is 7.56. The SMILES string of the molecule is COCCNC(CC(=O)O)Cc1ccc(OC)c(OC)c1. The summed E-state index contributed by atoms with van der Waals surface area (Å²) in [6.07, 6.45) is 0.647. The lowest BCUT2D eigenvalue weighted by Crippen LogP contribution is -2.35. The number of methoxy groups -OCH3 is 3. The van der Waals surface area contributed by atoms with E-state index in [1.165, 1.54) is 0 Å². The summed E-state index contributed by atoms with van der Waals surface area (Å²) in [4.78, 5) is 10.9. The largest absolute Gasteiger partial charge is 0.493 e. The topological polar surface area (TPSA) is 77.0 Å². The van der Waals surface area contributed by atoms with Gasteiger partial charge in [-0.1, -0.05) is 6.07 Å². The molecule has 0 saturated heterocycles. The number of rotatable bonds is 10. The van der Waals surface area contributed by atoms with Crippen LogP contribution in [0.4, 0.5) is 0 Å². The Morgan fingerprint density at radius 2 is 1.95 bits per heavy atom. The normalized spacial score (nSPS) is 12.0. The molecule has 0 aromatic heterocycles. The first kappa shape index (κ1) is 17.3. The maximum atomic E-state index is 10.9. The van der Waals surface area contributed by atoms with Gasteiger partial charge in [-0.25, -0.2) is 0 Å². The summed E-state index contributed by atoms with van der Waals surface area (Å²) in [5.74, 6) is 0.467. The number of ether oxygens (including phenoxy) is 3. The molecule has 21 heavy (non-hydrogen) atoms. The molecule has 0 saturated carbocycles. The monoisotopic (exact) mass is 297 g/mol. The fourth-order valence-electron chi connectivity index (χ4n) is 2.08. The molecular weight excluding hydrogens is 274 g/mol. The number of carboxylic acids is 1. The Labute approximate surface area is 125 Å². The summed E-state index contributed by atoms with van der Waals surface area (Å²) in [7, 11) is 4.77. The number of carboxylic acid groups (broad SMARTS) is 1. The highest BCUT2D eigenvalue weighted by Gasteiger charge is 2.14. The van der Waals surface area contributed by atoms with E-state index in [-0.39, 0.29) is 12.5 Å². The van der Waals surface area contributed by atoms with E-state index in [1.807, 2.05) is 18.2 Å². The Balaban J connectivity index is 2.74. The van der Waals surface area contributed by atoms with Gasteiger partial charge in [0.1, 0.15) is 0 Å². The minimum absolute atomic E-state index is 0.0536. The predicted octanol–water partition coefficient (Wildman–Crippen LogP) is 1.33. The molecule has 1 unspecified atom stereocenters. The van der Waals surface area contributed by atoms with Crippen LogP contribution in [0.1, 0.15) is 12.0 Å². The smallest absolute Gasteiger partial charge is 0.304 e. The van der Waals surface area contributed by atoms with Gasteiger partial charge >= 0.3 is 5.97 Å². The van der Waals surface area contributed by atoms with E-state index in [1.54, 1.807) is 21.3 Å². The van der Waals surface area contributed by atoms with Crippen molar-refractivity contribution in [2.75, 3.05) is 34.5 Å². The summed E-state index contributed by atoms with van der Waals surface area (Å²) in [5.41, 5.74) is 0.990. The first-order valence-corrected chi connectivity index (χ1v) is 6.75. The van der Waals surface area contributed by atoms with Gasteiger partial charge in [0, 0.05) is 19.7 Å². The summed E-state index contributed by atoms with van der Waals surface area (Å²) in [6, 6.07) is 5.44. The molecule has 6 nitrogen and oxygen atoms in total. The Morgan fingerprint density at radius 1 is 1.24 bits per heavy atom. The van der Waals surface area contributed by atoms with Crippen LogP contribution in [0.2, 0.25) is 0 Å². The zero-order chi connectivity index (χ0) is 15.7. The van der Waals surface area contributed by atoms with Crippen LogP contribution in [0, 0.1) is 0 Å². The molecule has 2 N–H and O–H groups in total. The van der Waals surface area contributed by atoms with Crippen LogP contribution in [0.15, 0.2) is 18.2 Å². The number of hydrogen-bond acceptors (Lipinski definition) is 5. The lowest BCUT2D eigenvalue weighted by molar-refractivity contribution is -0.137. The van der Waals surface area contributed by atoms with E-state index >= 15 is 0 Å². The predicted molar refractivity (Wildman–Crippen MR) is 79.2 cm³/mol. The van der Waals surface area contributed by atoms with Crippen molar-refractivity contribution in [3.8, 4) is 11.5 Å². The quantitative estimate of drug-likeness (QED) is 0.634. The van der Waals surface area contributed by atoms with E-state index in [4.69, 9.17) is 19.3 Å². The minimum Gasteiger partial charge on any atom is -0.493 e. The Bertz CT molecular complexity index is 450. The number of benzene rings is 1. The van der Waals surface area contributed by atoms with Gasteiger partial charge in [-0.2, -0.15) is 0 Å². The molecule has 1 aromatic carbocycles. The van der Waals surface area contributed by atoms with Crippen molar-refractivity contribution in [3.05, 3.63) is 23.8 Å². The summed E-state index contributed by atoms with van der Waals surface area (Å²) in [5, 5.41) is 12.2. The third-order valence-corrected chi connectivity index (χ3v) is 3.09. The van der Waals surface area contributed by atoms with E-state index in [0.29, 0.717) is 31.1 Å². The van der Waals surface area contributed by atoms with Gasteiger partial charge in [0.15, 0.2) is 11.5 Å². The lowest BCUT2D eigenvalue weighted by Gasteiger charge is -2.18. The highest BCUT2D eigenvalue weighted by molar-refractivity contribution is 5.67. The molecule has 0 aliphatic carbocycles. The lowest BCUT2D eigenvalue weighted by atomic mass is 10.0. The van der Waals surface area contributed by atoms with E-state index < -0.39 is 5.97 Å². The average Bonchev–Trinajstić information content (AvgIpc) is 2.46. The van der Waals surface area contributed by atoms with Gasteiger partial charge in [-0.3, -0.25) is 4.79 Å². The summed E-state index contributed by atoms with van der Waals surface area (Å²) in [6.45, 7) is 1.16. The number of aliphatic carboxylic acids is 1. The van der Waals surface area contributed by atoms with Gasteiger partial charge < -0.3 is 24.6 Å². The zero-order valence-electron chi connectivity index (χ0n) is 12.7. The molecule has 0 bridgehead atoms. The first-order chi connectivity index (χ1) is 10.1. The van der Waals surface area contributed by atoms with Crippen molar-refractivity contribution in [2.24, 2.45) is 0 Å². The van der Waals surface area contributed by atoms with Crippen LogP contribution < -0.4 is 14.8 Å². The number of nitrogens with one attached hydrogen (secondary N) is 1. The van der Waals surface area contributed by atoms with Crippen molar-refractivity contribution < 1.29 is 24.1 Å². The maximum absolute atomic E-state index is 10.9. The standard InChI is InChI=1S/C15H23NO5/c1-19-7-6-16-12(10-15(17)18)8-11-4-5-13(20-2)14(9-11)21-3/h4-5,9,12,16H,6-8,10H2,1-3H3,(H,17,18). The average molecular weight is 297 g/mol. The highest BCUT2D eigenvalue weighted by Crippen LogP contribution is 2.28. The Hall–Kier alpha value is -1.79. The van der Waals surface area contributed by atoms with Gasteiger partial charge in [-0.05, 0) is 24.1 Å². The van der Waals surface area contributed by atoms with Gasteiger partial charge in [0.05, 0.1) is 27.2 Å². The van der Waals surface area contributed by atoms with Crippen LogP contribution >= 0.6 is 0 Å². The fraction of sp³-hybridized carbons (Fsp3) is 0.533. The fourth-order valence-corrected chi connectivity index (χ4v) is 2.08. The van der Waals surface area contributed by atoms with Crippen LogP contribution in [0.25, 0.3) is 0 Å². The molecule has 0 spiro atoms. The van der Waals surface area contributed by atoms with Crippen LogP contribution in [0.3, 0.4) is 0 Å². The first-order valence-electron chi connectivity index (χ1n) is 6.75. The van der Waals surface area contributed by atoms with Crippen molar-refractivity contribution in [2.45, 2.75) is 18.9 Å². The molecule has 118 valence electrons. The summed E-state index contributed by atoms with van der Waals surface area (Å²) >= 11 is 0.